The molecule has 28 heavy (non-hydrogen) atoms. The molecule has 5 atom stereocenters. The summed E-state index contributed by atoms with van der Waals surface area (Å²) in [5.41, 5.74) is 0.321. The molecule has 0 amide bonds. The molecule has 2 fully saturated rings. The number of anilines is 1. The maximum atomic E-state index is 13.7. The fraction of sp³-hybridized carbons (Fsp3) is 0.500. The number of likely N-dealkylation sites (N-methyl/N-ethyl adjacent to an activating group) is 1. The third-order valence-corrected chi connectivity index (χ3v) is 5.59. The molecule has 1 aliphatic heterocycles. The lowest BCUT2D eigenvalue weighted by Crippen LogP contribution is -2.41. The monoisotopic (exact) mass is 391 g/mol. The number of hydrogen-bond acceptors (Lipinski definition) is 6. The molecule has 8 heteroatoms. The molecule has 1 N–H and O–H groups in total. The van der Waals surface area contributed by atoms with E-state index >= 15 is 0 Å². The second-order valence-corrected chi connectivity index (χ2v) is 7.83. The molecule has 150 valence electrons. The van der Waals surface area contributed by atoms with Crippen molar-refractivity contribution in [3.8, 4) is 0 Å². The van der Waals surface area contributed by atoms with Gasteiger partial charge in [-0.25, -0.2) is 18.7 Å². The number of hydrogen-bond donors (Lipinski definition) is 1. The average molecular weight is 391 g/mol. The van der Waals surface area contributed by atoms with Crippen molar-refractivity contribution in [2.24, 2.45) is 5.92 Å². The van der Waals surface area contributed by atoms with Crippen molar-refractivity contribution >= 4 is 5.82 Å². The van der Waals surface area contributed by atoms with Crippen LogP contribution in [0.15, 0.2) is 36.8 Å². The zero-order chi connectivity index (χ0) is 20.1. The fourth-order valence-electron chi connectivity index (χ4n) is 4.29. The quantitative estimate of drug-likeness (QED) is 0.865. The predicted octanol–water partition coefficient (Wildman–Crippen LogP) is 2.83. The molecule has 1 aromatic carbocycles. The van der Waals surface area contributed by atoms with Crippen LogP contribution in [0.1, 0.15) is 31.9 Å². The van der Waals surface area contributed by atoms with E-state index in [0.29, 0.717) is 12.0 Å². The highest BCUT2D eigenvalue weighted by molar-refractivity contribution is 5.38. The Kier molecular flexibility index (Phi) is 4.81. The summed E-state index contributed by atoms with van der Waals surface area (Å²) in [5.74, 6) is -2.33. The lowest BCUT2D eigenvalue weighted by Gasteiger charge is -2.31. The van der Waals surface area contributed by atoms with Crippen LogP contribution >= 0.6 is 0 Å². The molecule has 1 saturated carbocycles. The SMILES string of the molecule is CN(c1ccncn1)[C@@H]1C[C@H](C(O)c2ccc(F)c(F)c2)[C@H]2OC(C)(C)O[C@H]21. The molecule has 1 saturated heterocycles. The molecule has 1 aromatic heterocycles. The largest absolute Gasteiger partial charge is 0.388 e. The van der Waals surface area contributed by atoms with Crippen LogP contribution in [-0.2, 0) is 9.47 Å². The molecule has 4 rings (SSSR count). The molecule has 0 spiro atoms. The standard InChI is InChI=1S/C20H23F2N3O3/c1-20(2)27-18-12(17(26)11-4-5-13(21)14(22)8-11)9-15(19(18)28-20)25(3)16-6-7-23-10-24-16/h4-8,10,12,15,17-19,26H,9H2,1-3H3/t12-,15-,17?,18-,19+/m1/s1. The first-order valence-electron chi connectivity index (χ1n) is 9.24. The van der Waals surface area contributed by atoms with Gasteiger partial charge in [0.25, 0.3) is 0 Å². The zero-order valence-corrected chi connectivity index (χ0v) is 15.9. The van der Waals surface area contributed by atoms with Crippen molar-refractivity contribution in [1.82, 2.24) is 9.97 Å². The van der Waals surface area contributed by atoms with E-state index in [1.807, 2.05) is 25.8 Å². The van der Waals surface area contributed by atoms with Crippen LogP contribution in [0.4, 0.5) is 14.6 Å². The maximum absolute atomic E-state index is 13.7. The lowest BCUT2D eigenvalue weighted by molar-refractivity contribution is -0.162. The van der Waals surface area contributed by atoms with E-state index < -0.39 is 23.5 Å². The molecule has 6 nitrogen and oxygen atoms in total. The zero-order valence-electron chi connectivity index (χ0n) is 15.9. The van der Waals surface area contributed by atoms with Crippen molar-refractivity contribution in [2.75, 3.05) is 11.9 Å². The number of fused-ring (bicyclic) bond motifs is 1. The second-order valence-electron chi connectivity index (χ2n) is 7.83. The third-order valence-electron chi connectivity index (χ3n) is 5.59. The van der Waals surface area contributed by atoms with E-state index in [1.165, 1.54) is 12.4 Å². The summed E-state index contributed by atoms with van der Waals surface area (Å²) in [6.07, 6.45) is 2.00. The van der Waals surface area contributed by atoms with Gasteiger partial charge in [0.2, 0.25) is 0 Å². The van der Waals surface area contributed by atoms with Crippen molar-refractivity contribution in [2.45, 2.75) is 50.4 Å². The van der Waals surface area contributed by atoms with Gasteiger partial charge in [-0.2, -0.15) is 0 Å². The molecule has 1 aliphatic carbocycles. The van der Waals surface area contributed by atoms with Crippen molar-refractivity contribution in [3.05, 3.63) is 54.0 Å². The summed E-state index contributed by atoms with van der Waals surface area (Å²) in [6, 6.07) is 5.17. The smallest absolute Gasteiger partial charge is 0.163 e. The minimum absolute atomic E-state index is 0.105. The Bertz CT molecular complexity index is 852. The number of aliphatic hydroxyl groups is 1. The number of halogens is 2. The molecular formula is C20H23F2N3O3. The van der Waals surface area contributed by atoms with Gasteiger partial charge in [-0.3, -0.25) is 0 Å². The summed E-state index contributed by atoms with van der Waals surface area (Å²) in [4.78, 5) is 10.2. The molecule has 2 aliphatic rings. The van der Waals surface area contributed by atoms with E-state index in [4.69, 9.17) is 9.47 Å². The Hall–Kier alpha value is -2.16. The van der Waals surface area contributed by atoms with E-state index in [0.717, 1.165) is 18.0 Å². The third kappa shape index (κ3) is 3.36. The number of aromatic nitrogens is 2. The van der Waals surface area contributed by atoms with Gasteiger partial charge in [0.05, 0.1) is 18.2 Å². The normalized spacial score (nSPS) is 29.5. The molecule has 1 unspecified atom stereocenters. The Morgan fingerprint density at radius 2 is 1.93 bits per heavy atom. The van der Waals surface area contributed by atoms with Gasteiger partial charge in [-0.05, 0) is 44.0 Å². The number of benzene rings is 1. The van der Waals surface area contributed by atoms with Gasteiger partial charge in [-0.1, -0.05) is 6.07 Å². The van der Waals surface area contributed by atoms with Gasteiger partial charge < -0.3 is 19.5 Å². The lowest BCUT2D eigenvalue weighted by atomic mass is 9.92. The van der Waals surface area contributed by atoms with E-state index in [2.05, 4.69) is 9.97 Å². The van der Waals surface area contributed by atoms with Gasteiger partial charge in [-0.15, -0.1) is 0 Å². The van der Waals surface area contributed by atoms with Gasteiger partial charge in [0.15, 0.2) is 17.4 Å². The van der Waals surface area contributed by atoms with Crippen LogP contribution in [0.3, 0.4) is 0 Å². The molecule has 0 radical (unpaired) electrons. The van der Waals surface area contributed by atoms with Crippen LogP contribution in [-0.4, -0.2) is 46.2 Å². The summed E-state index contributed by atoms with van der Waals surface area (Å²) in [5, 5.41) is 11.0. The molecule has 0 bridgehead atoms. The van der Waals surface area contributed by atoms with E-state index in [1.54, 1.807) is 12.3 Å². The van der Waals surface area contributed by atoms with E-state index in [9.17, 15) is 13.9 Å². The minimum Gasteiger partial charge on any atom is -0.388 e. The first-order chi connectivity index (χ1) is 13.3. The Balaban J connectivity index is 1.63. The predicted molar refractivity (Wildman–Crippen MR) is 97.5 cm³/mol. The van der Waals surface area contributed by atoms with Crippen molar-refractivity contribution < 1.29 is 23.4 Å². The first kappa shape index (κ1) is 19.2. The van der Waals surface area contributed by atoms with Gasteiger partial charge >= 0.3 is 0 Å². The molecule has 2 heterocycles. The highest BCUT2D eigenvalue weighted by Gasteiger charge is 2.57. The van der Waals surface area contributed by atoms with E-state index in [-0.39, 0.29) is 24.2 Å². The number of ether oxygens (including phenoxy) is 2. The highest BCUT2D eigenvalue weighted by atomic mass is 19.2. The Morgan fingerprint density at radius 1 is 1.18 bits per heavy atom. The summed E-state index contributed by atoms with van der Waals surface area (Å²) < 4.78 is 39.2. The summed E-state index contributed by atoms with van der Waals surface area (Å²) in [7, 11) is 1.91. The Labute approximate surface area is 162 Å². The van der Waals surface area contributed by atoms with Crippen LogP contribution < -0.4 is 4.90 Å². The van der Waals surface area contributed by atoms with Crippen LogP contribution in [0.25, 0.3) is 0 Å². The molecular weight excluding hydrogens is 368 g/mol. The molecule has 2 aromatic rings. The van der Waals surface area contributed by atoms with Crippen LogP contribution in [0, 0.1) is 17.6 Å². The number of rotatable bonds is 4. The Morgan fingerprint density at radius 3 is 2.61 bits per heavy atom. The topological polar surface area (TPSA) is 67.7 Å². The van der Waals surface area contributed by atoms with Crippen LogP contribution in [0.2, 0.25) is 0 Å². The summed E-state index contributed by atoms with van der Waals surface area (Å²) in [6.45, 7) is 3.65. The van der Waals surface area contributed by atoms with Gasteiger partial charge in [0.1, 0.15) is 18.2 Å². The van der Waals surface area contributed by atoms with Gasteiger partial charge in [0, 0.05) is 19.2 Å². The number of nitrogens with zero attached hydrogens (tertiary/aromatic N) is 3. The fourth-order valence-corrected chi connectivity index (χ4v) is 4.29. The van der Waals surface area contributed by atoms with Crippen LogP contribution in [0.5, 0.6) is 0 Å². The van der Waals surface area contributed by atoms with Crippen molar-refractivity contribution in [3.63, 3.8) is 0 Å². The van der Waals surface area contributed by atoms with Crippen molar-refractivity contribution in [1.29, 1.82) is 0 Å². The summed E-state index contributed by atoms with van der Waals surface area (Å²) >= 11 is 0. The first-order valence-corrected chi connectivity index (χ1v) is 9.24. The number of aliphatic hydroxyl groups excluding tert-OH is 1. The minimum atomic E-state index is -1.01. The highest BCUT2D eigenvalue weighted by Crippen LogP contribution is 2.48. The maximum Gasteiger partial charge on any atom is 0.163 e. The second kappa shape index (κ2) is 7.02. The average Bonchev–Trinajstić information content (AvgIpc) is 3.16.